The van der Waals surface area contributed by atoms with Crippen molar-refractivity contribution in [2.45, 2.75) is 63.5 Å². The molecule has 1 aliphatic carbocycles. The standard InChI is InChI=1S/C17H31N3OS/c21-17(18-15-7-2-1-3-8-15)20-11-6-12-22-14-16(20)13-19-9-4-5-10-19/h15-16H,1-14H2,(H,18,21). The third kappa shape index (κ3) is 4.54. The van der Waals surface area contributed by atoms with Gasteiger partial charge in [-0.25, -0.2) is 4.79 Å². The molecule has 2 amide bonds. The maximum absolute atomic E-state index is 12.8. The number of carbonyl (C=O) groups is 1. The summed E-state index contributed by atoms with van der Waals surface area (Å²) in [5.74, 6) is 2.30. The van der Waals surface area contributed by atoms with Gasteiger partial charge in [0, 0.05) is 24.9 Å². The van der Waals surface area contributed by atoms with Crippen LogP contribution in [0.4, 0.5) is 4.79 Å². The van der Waals surface area contributed by atoms with Gasteiger partial charge in [-0.05, 0) is 50.9 Å². The van der Waals surface area contributed by atoms with Crippen molar-refractivity contribution in [1.82, 2.24) is 15.1 Å². The van der Waals surface area contributed by atoms with E-state index < -0.39 is 0 Å². The van der Waals surface area contributed by atoms with Gasteiger partial charge in [-0.15, -0.1) is 0 Å². The minimum absolute atomic E-state index is 0.207. The van der Waals surface area contributed by atoms with Crippen LogP contribution in [0.1, 0.15) is 51.4 Å². The predicted molar refractivity (Wildman–Crippen MR) is 93.5 cm³/mol. The highest BCUT2D eigenvalue weighted by Crippen LogP contribution is 2.21. The quantitative estimate of drug-likeness (QED) is 0.866. The summed E-state index contributed by atoms with van der Waals surface area (Å²) in [7, 11) is 0. The maximum atomic E-state index is 12.8. The minimum Gasteiger partial charge on any atom is -0.335 e. The SMILES string of the molecule is O=C(NC1CCCCC1)N1CCCSCC1CN1CCCC1. The van der Waals surface area contributed by atoms with Crippen molar-refractivity contribution in [2.24, 2.45) is 0 Å². The van der Waals surface area contributed by atoms with Gasteiger partial charge in [0.15, 0.2) is 0 Å². The van der Waals surface area contributed by atoms with Gasteiger partial charge < -0.3 is 15.1 Å². The molecule has 1 saturated carbocycles. The van der Waals surface area contributed by atoms with E-state index in [-0.39, 0.29) is 6.03 Å². The predicted octanol–water partition coefficient (Wildman–Crippen LogP) is 2.93. The zero-order chi connectivity index (χ0) is 15.2. The van der Waals surface area contributed by atoms with E-state index in [1.165, 1.54) is 63.8 Å². The van der Waals surface area contributed by atoms with Gasteiger partial charge in [0.25, 0.3) is 0 Å². The zero-order valence-corrected chi connectivity index (χ0v) is 14.6. The molecule has 3 aliphatic rings. The van der Waals surface area contributed by atoms with Crippen molar-refractivity contribution in [3.05, 3.63) is 0 Å². The van der Waals surface area contributed by atoms with Crippen LogP contribution in [0.3, 0.4) is 0 Å². The highest BCUT2D eigenvalue weighted by molar-refractivity contribution is 7.99. The Morgan fingerprint density at radius 3 is 2.55 bits per heavy atom. The van der Waals surface area contributed by atoms with Crippen LogP contribution in [-0.2, 0) is 0 Å². The van der Waals surface area contributed by atoms with Crippen LogP contribution in [0.25, 0.3) is 0 Å². The fourth-order valence-corrected chi connectivity index (χ4v) is 5.07. The number of rotatable bonds is 3. The second kappa shape index (κ2) is 8.44. The molecule has 2 saturated heterocycles. The summed E-state index contributed by atoms with van der Waals surface area (Å²) in [5, 5.41) is 3.33. The van der Waals surface area contributed by atoms with Crippen LogP contribution in [-0.4, -0.2) is 65.6 Å². The first-order valence-corrected chi connectivity index (χ1v) is 10.4. The third-order valence-electron chi connectivity index (χ3n) is 5.30. The van der Waals surface area contributed by atoms with Crippen molar-refractivity contribution >= 4 is 17.8 Å². The van der Waals surface area contributed by atoms with Crippen molar-refractivity contribution < 1.29 is 4.79 Å². The molecule has 1 unspecified atom stereocenters. The largest absolute Gasteiger partial charge is 0.335 e. The Morgan fingerprint density at radius 1 is 1.00 bits per heavy atom. The van der Waals surface area contributed by atoms with Gasteiger partial charge in [0.1, 0.15) is 0 Å². The first kappa shape index (κ1) is 16.4. The van der Waals surface area contributed by atoms with Gasteiger partial charge in [-0.2, -0.15) is 11.8 Å². The Bertz CT molecular complexity index is 354. The Labute approximate surface area is 139 Å². The minimum atomic E-state index is 0.207. The first-order valence-electron chi connectivity index (χ1n) is 9.20. The lowest BCUT2D eigenvalue weighted by atomic mass is 9.96. The smallest absolute Gasteiger partial charge is 0.317 e. The van der Waals surface area contributed by atoms with Gasteiger partial charge >= 0.3 is 6.03 Å². The summed E-state index contributed by atoms with van der Waals surface area (Å²) < 4.78 is 0. The van der Waals surface area contributed by atoms with Gasteiger partial charge in [0.05, 0.1) is 6.04 Å². The van der Waals surface area contributed by atoms with Gasteiger partial charge in [-0.3, -0.25) is 0 Å². The molecule has 4 nitrogen and oxygen atoms in total. The van der Waals surface area contributed by atoms with Gasteiger partial charge in [0.2, 0.25) is 0 Å². The average molecular weight is 326 g/mol. The van der Waals surface area contributed by atoms with E-state index in [4.69, 9.17) is 0 Å². The maximum Gasteiger partial charge on any atom is 0.317 e. The number of likely N-dealkylation sites (tertiary alicyclic amines) is 1. The van der Waals surface area contributed by atoms with E-state index in [1.807, 2.05) is 11.8 Å². The van der Waals surface area contributed by atoms with Gasteiger partial charge in [-0.1, -0.05) is 19.3 Å². The normalized spacial score (nSPS) is 28.5. The molecule has 0 spiro atoms. The van der Waals surface area contributed by atoms with Crippen LogP contribution in [0.15, 0.2) is 0 Å². The lowest BCUT2D eigenvalue weighted by molar-refractivity contribution is 0.156. The van der Waals surface area contributed by atoms with E-state index in [2.05, 4.69) is 15.1 Å². The second-order valence-electron chi connectivity index (χ2n) is 7.07. The lowest BCUT2D eigenvalue weighted by Gasteiger charge is -2.34. The Balaban J connectivity index is 1.57. The van der Waals surface area contributed by atoms with Crippen molar-refractivity contribution in [2.75, 3.05) is 37.7 Å². The molecule has 0 aromatic rings. The summed E-state index contributed by atoms with van der Waals surface area (Å²) >= 11 is 2.03. The summed E-state index contributed by atoms with van der Waals surface area (Å²) in [4.78, 5) is 17.5. The van der Waals surface area contributed by atoms with E-state index in [0.717, 1.165) is 25.3 Å². The van der Waals surface area contributed by atoms with Crippen LogP contribution < -0.4 is 5.32 Å². The molecule has 0 bridgehead atoms. The van der Waals surface area contributed by atoms with E-state index in [9.17, 15) is 4.79 Å². The number of urea groups is 1. The molecule has 0 radical (unpaired) electrons. The van der Waals surface area contributed by atoms with Crippen LogP contribution in [0.5, 0.6) is 0 Å². The number of hydrogen-bond acceptors (Lipinski definition) is 3. The average Bonchev–Trinajstić information content (AvgIpc) is 2.93. The highest BCUT2D eigenvalue weighted by atomic mass is 32.2. The summed E-state index contributed by atoms with van der Waals surface area (Å²) in [6, 6.07) is 1.03. The second-order valence-corrected chi connectivity index (χ2v) is 8.22. The Morgan fingerprint density at radius 2 is 1.77 bits per heavy atom. The molecule has 22 heavy (non-hydrogen) atoms. The van der Waals surface area contributed by atoms with Crippen LogP contribution in [0, 0.1) is 0 Å². The molecule has 3 rings (SSSR count). The lowest BCUT2D eigenvalue weighted by Crippen LogP contribution is -2.53. The topological polar surface area (TPSA) is 35.6 Å². The number of carbonyl (C=O) groups excluding carboxylic acids is 1. The molecule has 0 aromatic heterocycles. The molecule has 1 atom stereocenters. The summed E-state index contributed by atoms with van der Waals surface area (Å²) in [6.07, 6.45) is 10.0. The molecule has 0 aromatic carbocycles. The molecule has 5 heteroatoms. The van der Waals surface area contributed by atoms with Crippen molar-refractivity contribution in [1.29, 1.82) is 0 Å². The zero-order valence-electron chi connectivity index (χ0n) is 13.8. The monoisotopic (exact) mass is 325 g/mol. The van der Waals surface area contributed by atoms with E-state index in [0.29, 0.717) is 12.1 Å². The fraction of sp³-hybridized carbons (Fsp3) is 0.941. The van der Waals surface area contributed by atoms with E-state index >= 15 is 0 Å². The number of amides is 2. The van der Waals surface area contributed by atoms with Crippen LogP contribution in [0.2, 0.25) is 0 Å². The molecular weight excluding hydrogens is 294 g/mol. The Kier molecular flexibility index (Phi) is 6.30. The Hall–Kier alpha value is -0.420. The molecule has 2 heterocycles. The fourth-order valence-electron chi connectivity index (χ4n) is 4.02. The third-order valence-corrected chi connectivity index (χ3v) is 6.50. The van der Waals surface area contributed by atoms with Crippen molar-refractivity contribution in [3.8, 4) is 0 Å². The molecule has 1 N–H and O–H groups in total. The molecule has 2 aliphatic heterocycles. The highest BCUT2D eigenvalue weighted by Gasteiger charge is 2.29. The molecular formula is C17H31N3OS. The first-order chi connectivity index (χ1) is 10.8. The number of thioether (sulfide) groups is 1. The van der Waals surface area contributed by atoms with Crippen molar-refractivity contribution in [3.63, 3.8) is 0 Å². The summed E-state index contributed by atoms with van der Waals surface area (Å²) in [5.41, 5.74) is 0. The molecule has 3 fully saturated rings. The van der Waals surface area contributed by atoms with Crippen LogP contribution >= 0.6 is 11.8 Å². The summed E-state index contributed by atoms with van der Waals surface area (Å²) in [6.45, 7) is 4.45. The number of nitrogens with one attached hydrogen (secondary N) is 1. The number of nitrogens with zero attached hydrogens (tertiary/aromatic N) is 2. The number of hydrogen-bond donors (Lipinski definition) is 1. The van der Waals surface area contributed by atoms with E-state index in [1.54, 1.807) is 0 Å². The molecule has 126 valence electrons.